The molecule has 49 heavy (non-hydrogen) atoms. The van der Waals surface area contributed by atoms with E-state index in [2.05, 4.69) is 10.6 Å². The van der Waals surface area contributed by atoms with Gasteiger partial charge in [0.25, 0.3) is 11.8 Å². The number of amides is 5. The first-order chi connectivity index (χ1) is 23.0. The highest BCUT2D eigenvalue weighted by Crippen LogP contribution is 2.31. The van der Waals surface area contributed by atoms with Crippen molar-refractivity contribution in [3.05, 3.63) is 35.9 Å². The van der Waals surface area contributed by atoms with Crippen molar-refractivity contribution in [3.63, 3.8) is 0 Å². The summed E-state index contributed by atoms with van der Waals surface area (Å²) in [5.74, 6) is -2.89. The van der Waals surface area contributed by atoms with Gasteiger partial charge < -0.3 is 54.9 Å². The van der Waals surface area contributed by atoms with E-state index in [4.69, 9.17) is 18.9 Å². The zero-order valence-corrected chi connectivity index (χ0v) is 27.5. The smallest absolute Gasteiger partial charge is 0.410 e. The third-order valence-electron chi connectivity index (χ3n) is 7.01. The summed E-state index contributed by atoms with van der Waals surface area (Å²) >= 11 is 0. The second-order valence-electron chi connectivity index (χ2n) is 12.2. The fraction of sp³-hybridized carbons (Fsp3) is 0.548. The monoisotopic (exact) mass is 694 g/mol. The first kappa shape index (κ1) is 38.8. The molecule has 0 saturated carbocycles. The summed E-state index contributed by atoms with van der Waals surface area (Å²) in [4.78, 5) is 74.9. The molecule has 1 aromatic rings. The van der Waals surface area contributed by atoms with Crippen LogP contribution in [0.5, 0.6) is 5.75 Å². The van der Waals surface area contributed by atoms with Crippen LogP contribution in [-0.4, -0.2) is 136 Å². The highest BCUT2D eigenvalue weighted by molar-refractivity contribution is 6.13. The van der Waals surface area contributed by atoms with Crippen LogP contribution in [0.15, 0.2) is 30.4 Å². The molecule has 0 radical (unpaired) electrons. The number of nitrogens with one attached hydrogen (secondary N) is 2. The number of rotatable bonds is 14. The minimum atomic E-state index is -1.75. The molecule has 2 heterocycles. The van der Waals surface area contributed by atoms with Crippen LogP contribution in [-0.2, 0) is 44.8 Å². The molecule has 0 bridgehead atoms. The lowest BCUT2D eigenvalue weighted by molar-refractivity contribution is -0.277. The van der Waals surface area contributed by atoms with E-state index < -0.39 is 78.6 Å². The van der Waals surface area contributed by atoms with E-state index in [0.29, 0.717) is 5.56 Å². The predicted octanol–water partition coefficient (Wildman–Crippen LogP) is -1.46. The molecule has 3 rings (SSSR count). The highest BCUT2D eigenvalue weighted by Gasteiger charge is 2.45. The van der Waals surface area contributed by atoms with Gasteiger partial charge >= 0.3 is 12.1 Å². The van der Waals surface area contributed by atoms with Crippen molar-refractivity contribution in [1.82, 2.24) is 15.1 Å². The van der Waals surface area contributed by atoms with Crippen molar-refractivity contribution in [2.75, 3.05) is 38.6 Å². The van der Waals surface area contributed by atoms with Gasteiger partial charge in [-0.25, -0.2) is 4.79 Å². The van der Waals surface area contributed by atoms with Crippen LogP contribution in [0.4, 0.5) is 10.5 Å². The van der Waals surface area contributed by atoms with Crippen LogP contribution in [0.25, 0.3) is 0 Å². The Morgan fingerprint density at radius 3 is 2.29 bits per heavy atom. The third kappa shape index (κ3) is 11.5. The first-order valence-corrected chi connectivity index (χ1v) is 15.3. The second-order valence-corrected chi connectivity index (χ2v) is 12.2. The topological polar surface area (TPSA) is 251 Å². The van der Waals surface area contributed by atoms with E-state index in [-0.39, 0.29) is 50.5 Å². The number of aliphatic hydroxyl groups is 4. The summed E-state index contributed by atoms with van der Waals surface area (Å²) < 4.78 is 21.6. The van der Waals surface area contributed by atoms with Gasteiger partial charge in [0.05, 0.1) is 12.3 Å². The highest BCUT2D eigenvalue weighted by atomic mass is 16.7. The van der Waals surface area contributed by atoms with Gasteiger partial charge in [-0.05, 0) is 38.5 Å². The summed E-state index contributed by atoms with van der Waals surface area (Å²) in [5, 5.41) is 45.3. The second kappa shape index (κ2) is 17.2. The van der Waals surface area contributed by atoms with Crippen LogP contribution in [0, 0.1) is 0 Å². The van der Waals surface area contributed by atoms with E-state index >= 15 is 0 Å². The molecular weight excluding hydrogens is 652 g/mol. The number of ether oxygens (including phenoxy) is 4. The van der Waals surface area contributed by atoms with E-state index in [0.717, 1.165) is 22.0 Å². The lowest BCUT2D eigenvalue weighted by Gasteiger charge is -2.39. The maximum Gasteiger partial charge on any atom is 0.410 e. The number of esters is 1. The van der Waals surface area contributed by atoms with E-state index in [1.165, 1.54) is 25.2 Å². The molecule has 5 amide bonds. The molecule has 1 aromatic carbocycles. The van der Waals surface area contributed by atoms with Gasteiger partial charge in [0.2, 0.25) is 18.1 Å². The third-order valence-corrected chi connectivity index (χ3v) is 7.01. The Kier molecular flexibility index (Phi) is 13.6. The van der Waals surface area contributed by atoms with Crippen LogP contribution in [0.1, 0.15) is 39.2 Å². The number of benzene rings is 1. The van der Waals surface area contributed by atoms with Crippen molar-refractivity contribution in [2.24, 2.45) is 0 Å². The Balaban J connectivity index is 1.65. The number of hydrogen-bond acceptors (Lipinski definition) is 14. The van der Waals surface area contributed by atoms with E-state index in [9.17, 15) is 49.2 Å². The van der Waals surface area contributed by atoms with Gasteiger partial charge in [0.15, 0.2) is 0 Å². The Morgan fingerprint density at radius 1 is 0.980 bits per heavy atom. The molecule has 0 aromatic heterocycles. The zero-order valence-electron chi connectivity index (χ0n) is 27.5. The number of carbonyl (C=O) groups excluding carboxylic acids is 6. The predicted molar refractivity (Wildman–Crippen MR) is 166 cm³/mol. The quantitative estimate of drug-likeness (QED) is 0.0962. The Labute approximate surface area is 281 Å². The normalized spacial score (nSPS) is 22.0. The lowest BCUT2D eigenvalue weighted by atomic mass is 9.99. The molecule has 1 saturated heterocycles. The summed E-state index contributed by atoms with van der Waals surface area (Å²) in [7, 11) is 1.34. The number of likely N-dealkylation sites (N-methyl/N-ethyl adjacent to an activating group) is 1. The van der Waals surface area contributed by atoms with Gasteiger partial charge in [0.1, 0.15) is 48.9 Å². The summed E-state index contributed by atoms with van der Waals surface area (Å²) in [6, 6.07) is 4.19. The standard InChI is InChI=1S/C31H42N4O14/c1-31(2,3)49-25(41)14-34(4)30(45)46-16-17-5-6-19(47-29-28(44)27(43)26(42)20(15-36)48-29)18(13-17)33-22(38)9-11-32-21(37)10-12-35-23(39)7-8-24(35)40/h5-8,13,20,26-29,36,42-44H,9-12,14-16H2,1-4H3,(H,32,37)(H,33,38)/t20-,26-,27+,28+,29+/m1/s1. The Morgan fingerprint density at radius 2 is 1.65 bits per heavy atom. The summed E-state index contributed by atoms with van der Waals surface area (Å²) in [6.45, 7) is 3.43. The molecule has 18 nitrogen and oxygen atoms in total. The number of aliphatic hydroxyl groups excluding tert-OH is 4. The van der Waals surface area contributed by atoms with Gasteiger partial charge in [-0.15, -0.1) is 0 Å². The Bertz CT molecular complexity index is 1410. The zero-order chi connectivity index (χ0) is 36.5. The molecule has 2 aliphatic heterocycles. The van der Waals surface area contributed by atoms with Crippen LogP contribution in [0.3, 0.4) is 0 Å². The average Bonchev–Trinajstić information content (AvgIpc) is 3.35. The lowest BCUT2D eigenvalue weighted by Crippen LogP contribution is -2.60. The van der Waals surface area contributed by atoms with Gasteiger partial charge in [-0.3, -0.25) is 28.9 Å². The SMILES string of the molecule is CN(CC(=O)OC(C)(C)C)C(=O)OCc1ccc(O[C@H]2O[C@H](CO)[C@@H](O)[C@H](O)[C@@H]2O)c(NC(=O)CCNC(=O)CCN2C(=O)C=CC2=O)c1. The van der Waals surface area contributed by atoms with E-state index in [1.54, 1.807) is 20.8 Å². The molecule has 1 fully saturated rings. The van der Waals surface area contributed by atoms with E-state index in [1.807, 2.05) is 0 Å². The largest absolute Gasteiger partial charge is 0.460 e. The molecule has 6 N–H and O–H groups in total. The average molecular weight is 695 g/mol. The van der Waals surface area contributed by atoms with Gasteiger partial charge in [-0.2, -0.15) is 0 Å². The minimum absolute atomic E-state index is 0.00232. The number of hydrogen-bond donors (Lipinski definition) is 6. The van der Waals surface area contributed by atoms with Crippen LogP contribution in [0.2, 0.25) is 0 Å². The van der Waals surface area contributed by atoms with Crippen molar-refractivity contribution >= 4 is 41.4 Å². The first-order valence-electron chi connectivity index (χ1n) is 15.3. The minimum Gasteiger partial charge on any atom is -0.460 e. The van der Waals surface area contributed by atoms with Crippen LogP contribution >= 0.6 is 0 Å². The van der Waals surface area contributed by atoms with Crippen molar-refractivity contribution in [3.8, 4) is 5.75 Å². The number of anilines is 1. The number of carbonyl (C=O) groups is 6. The van der Waals surface area contributed by atoms with Gasteiger partial charge in [0, 0.05) is 45.1 Å². The molecule has 5 atom stereocenters. The number of imide groups is 1. The molecule has 270 valence electrons. The molecular formula is C31H42N4O14. The van der Waals surface area contributed by atoms with Gasteiger partial charge in [-0.1, -0.05) is 6.07 Å². The maximum atomic E-state index is 12.9. The Hall–Kier alpha value is -4.62. The summed E-state index contributed by atoms with van der Waals surface area (Å²) in [6.07, 6.45) is -7.01. The van der Waals surface area contributed by atoms with Crippen molar-refractivity contribution < 1.29 is 68.1 Å². The van der Waals surface area contributed by atoms with Crippen molar-refractivity contribution in [1.29, 1.82) is 0 Å². The number of nitrogens with zero attached hydrogens (tertiary/aromatic N) is 2. The molecule has 18 heteroatoms. The molecule has 2 aliphatic rings. The fourth-order valence-electron chi connectivity index (χ4n) is 4.53. The van der Waals surface area contributed by atoms with Crippen molar-refractivity contribution in [2.45, 2.75) is 76.5 Å². The molecule has 0 unspecified atom stereocenters. The molecule has 0 spiro atoms. The fourth-order valence-corrected chi connectivity index (χ4v) is 4.53. The van der Waals surface area contributed by atoms with Crippen LogP contribution < -0.4 is 15.4 Å². The molecule has 0 aliphatic carbocycles. The summed E-state index contributed by atoms with van der Waals surface area (Å²) in [5.41, 5.74) is -0.394. The maximum absolute atomic E-state index is 12.9.